The second-order valence-corrected chi connectivity index (χ2v) is 5.32. The fourth-order valence-electron chi connectivity index (χ4n) is 1.67. The van der Waals surface area contributed by atoms with Crippen LogP contribution in [0.5, 0.6) is 5.75 Å². The van der Waals surface area contributed by atoms with Crippen molar-refractivity contribution in [1.29, 1.82) is 0 Å². The lowest BCUT2D eigenvalue weighted by molar-refractivity contribution is -0.137. The van der Waals surface area contributed by atoms with Gasteiger partial charge in [-0.15, -0.1) is 0 Å². The van der Waals surface area contributed by atoms with Gasteiger partial charge in [0, 0.05) is 0 Å². The quantitative estimate of drug-likeness (QED) is 0.483. The van der Waals surface area contributed by atoms with E-state index in [2.05, 4.69) is 0 Å². The second kappa shape index (κ2) is 5.06. The molecule has 4 nitrogen and oxygen atoms in total. The van der Waals surface area contributed by atoms with Crippen molar-refractivity contribution < 1.29 is 22.7 Å². The average Bonchev–Trinajstić information content (AvgIpc) is 2.32. The lowest BCUT2D eigenvalue weighted by Crippen LogP contribution is -2.62. The number of ether oxygens (including phenoxy) is 1. The molecule has 1 fully saturated rings. The topological polar surface area (TPSA) is 55.6 Å². The van der Waals surface area contributed by atoms with E-state index in [1.54, 1.807) is 0 Å². The molecule has 0 bridgehead atoms. The summed E-state index contributed by atoms with van der Waals surface area (Å²) in [6.45, 7) is 0.277. The van der Waals surface area contributed by atoms with Gasteiger partial charge in [-0.3, -0.25) is 0 Å². The minimum atomic E-state index is -4.40. The van der Waals surface area contributed by atoms with E-state index in [4.69, 9.17) is 10.5 Å². The third kappa shape index (κ3) is 3.04. The van der Waals surface area contributed by atoms with Gasteiger partial charge in [-0.1, -0.05) is 28.7 Å². The van der Waals surface area contributed by atoms with Crippen molar-refractivity contribution in [3.8, 4) is 5.75 Å². The summed E-state index contributed by atoms with van der Waals surface area (Å²) in [6, 6.07) is 4.08. The Labute approximate surface area is 120 Å². The number of rotatable bonds is 2. The molecule has 8 heteroatoms. The summed E-state index contributed by atoms with van der Waals surface area (Å²) < 4.78 is 42.7. The van der Waals surface area contributed by atoms with Crippen LogP contribution in [0.2, 0.25) is 0 Å². The Balaban J connectivity index is 2.04. The number of hydrogen-bond acceptors (Lipinski definition) is 2. The minimum Gasteiger partial charge on any atom is -0.486 e. The van der Waals surface area contributed by atoms with E-state index in [-0.39, 0.29) is 22.4 Å². The number of carbonyl (C=O) groups is 1. The van der Waals surface area contributed by atoms with E-state index in [9.17, 15) is 18.0 Å². The number of urea groups is 1. The summed E-state index contributed by atoms with van der Waals surface area (Å²) in [6.07, 6.45) is -4.75. The fourth-order valence-corrected chi connectivity index (χ4v) is 2.55. The van der Waals surface area contributed by atoms with E-state index in [1.165, 1.54) is 17.0 Å². The third-order valence-electron chi connectivity index (χ3n) is 2.71. The molecule has 1 aromatic rings. The Morgan fingerprint density at radius 3 is 2.68 bits per heavy atom. The summed E-state index contributed by atoms with van der Waals surface area (Å²) in [5.41, 5.74) is 4.34. The maximum absolute atomic E-state index is 12.5. The zero-order valence-electron chi connectivity index (χ0n) is 9.52. The summed E-state index contributed by atoms with van der Waals surface area (Å²) in [7, 11) is 0. The highest BCUT2D eigenvalue weighted by molar-refractivity contribution is 14.1. The number of nitrogens with zero attached hydrogens (tertiary/aromatic N) is 1. The number of nitrogens with two attached hydrogens (primary N) is 1. The van der Waals surface area contributed by atoms with Crippen LogP contribution in [0.25, 0.3) is 0 Å². The Kier molecular flexibility index (Phi) is 3.79. The number of carbonyl (C=O) groups excluding carboxylic acids is 1. The highest BCUT2D eigenvalue weighted by Crippen LogP contribution is 2.33. The largest absolute Gasteiger partial charge is 0.486 e. The van der Waals surface area contributed by atoms with Gasteiger partial charge in [0.2, 0.25) is 0 Å². The van der Waals surface area contributed by atoms with Gasteiger partial charge in [-0.2, -0.15) is 13.2 Å². The van der Waals surface area contributed by atoms with Gasteiger partial charge >= 0.3 is 12.2 Å². The first-order chi connectivity index (χ1) is 8.79. The van der Waals surface area contributed by atoms with E-state index < -0.39 is 17.8 Å². The Morgan fingerprint density at radius 1 is 1.47 bits per heavy atom. The van der Waals surface area contributed by atoms with Crippen molar-refractivity contribution in [2.45, 2.75) is 16.3 Å². The summed E-state index contributed by atoms with van der Waals surface area (Å²) >= 11 is 1.96. The highest BCUT2D eigenvalue weighted by Gasteiger charge is 2.41. The normalized spacial score (nSPS) is 22.8. The van der Waals surface area contributed by atoms with Crippen molar-refractivity contribution >= 4 is 28.6 Å². The van der Waals surface area contributed by atoms with Crippen LogP contribution < -0.4 is 10.5 Å². The monoisotopic (exact) mass is 386 g/mol. The van der Waals surface area contributed by atoms with Crippen LogP contribution in [0.1, 0.15) is 5.56 Å². The first kappa shape index (κ1) is 14.2. The number of hydrogen-bond donors (Lipinski definition) is 1. The molecule has 1 aliphatic rings. The zero-order chi connectivity index (χ0) is 14.2. The SMILES string of the molecule is NC(=O)N1CC(Oc2cccc(C(F)(F)F)c2)C1I. The molecule has 0 saturated carbocycles. The molecule has 2 amide bonds. The number of halogens is 4. The molecule has 2 unspecified atom stereocenters. The number of amides is 2. The lowest BCUT2D eigenvalue weighted by Gasteiger charge is -2.43. The van der Waals surface area contributed by atoms with Gasteiger partial charge < -0.3 is 15.4 Å². The van der Waals surface area contributed by atoms with E-state index in [0.29, 0.717) is 0 Å². The molecule has 104 valence electrons. The van der Waals surface area contributed by atoms with Gasteiger partial charge in [0.25, 0.3) is 0 Å². The van der Waals surface area contributed by atoms with Crippen LogP contribution in [0.3, 0.4) is 0 Å². The molecule has 1 saturated heterocycles. The molecule has 0 radical (unpaired) electrons. The van der Waals surface area contributed by atoms with Crippen LogP contribution >= 0.6 is 22.6 Å². The molecule has 2 rings (SSSR count). The molecule has 1 aliphatic heterocycles. The van der Waals surface area contributed by atoms with E-state index in [1.807, 2.05) is 22.6 Å². The Bertz CT molecular complexity index is 495. The number of likely N-dealkylation sites (tertiary alicyclic amines) is 1. The fraction of sp³-hybridized carbons (Fsp3) is 0.364. The standard InChI is InChI=1S/C11H10F3IN2O2/c12-11(13,14)6-2-1-3-7(4-6)19-8-5-17(9(8)15)10(16)18/h1-4,8-9H,5H2,(H2,16,18). The molecular weight excluding hydrogens is 376 g/mol. The van der Waals surface area contributed by atoms with E-state index in [0.717, 1.165) is 12.1 Å². The molecule has 2 atom stereocenters. The molecule has 0 aromatic heterocycles. The zero-order valence-corrected chi connectivity index (χ0v) is 11.7. The van der Waals surface area contributed by atoms with Crippen molar-refractivity contribution in [3.63, 3.8) is 0 Å². The Morgan fingerprint density at radius 2 is 2.16 bits per heavy atom. The van der Waals surface area contributed by atoms with Crippen LogP contribution in [0.4, 0.5) is 18.0 Å². The first-order valence-corrected chi connectivity index (χ1v) is 6.57. The van der Waals surface area contributed by atoms with Crippen LogP contribution in [0, 0.1) is 0 Å². The molecule has 1 heterocycles. The third-order valence-corrected chi connectivity index (χ3v) is 4.19. The van der Waals surface area contributed by atoms with Gasteiger partial charge in [0.05, 0.1) is 12.1 Å². The summed E-state index contributed by atoms with van der Waals surface area (Å²) in [5, 5.41) is 0. The van der Waals surface area contributed by atoms with Crippen molar-refractivity contribution in [3.05, 3.63) is 29.8 Å². The maximum Gasteiger partial charge on any atom is 0.416 e. The number of benzene rings is 1. The molecule has 0 spiro atoms. The molecule has 1 aromatic carbocycles. The molecule has 2 N–H and O–H groups in total. The maximum atomic E-state index is 12.5. The minimum absolute atomic E-state index is 0.130. The number of primary amides is 1. The van der Waals surface area contributed by atoms with Gasteiger partial charge in [-0.25, -0.2) is 4.79 Å². The van der Waals surface area contributed by atoms with Gasteiger partial charge in [0.15, 0.2) is 0 Å². The lowest BCUT2D eigenvalue weighted by atomic mass is 10.1. The van der Waals surface area contributed by atoms with Crippen LogP contribution in [-0.4, -0.2) is 27.6 Å². The predicted octanol–water partition coefficient (Wildman–Crippen LogP) is 2.61. The highest BCUT2D eigenvalue weighted by atomic mass is 127. The average molecular weight is 386 g/mol. The van der Waals surface area contributed by atoms with Crippen molar-refractivity contribution in [2.24, 2.45) is 5.73 Å². The summed E-state index contributed by atoms with van der Waals surface area (Å²) in [4.78, 5) is 12.3. The predicted molar refractivity (Wildman–Crippen MR) is 70.0 cm³/mol. The van der Waals surface area contributed by atoms with Crippen molar-refractivity contribution in [1.82, 2.24) is 4.90 Å². The van der Waals surface area contributed by atoms with Crippen LogP contribution in [-0.2, 0) is 6.18 Å². The van der Waals surface area contributed by atoms with Gasteiger partial charge in [-0.05, 0) is 18.2 Å². The molecular formula is C11H10F3IN2O2. The summed E-state index contributed by atoms with van der Waals surface area (Å²) in [5.74, 6) is 0.130. The Hall–Kier alpha value is -1.19. The van der Waals surface area contributed by atoms with Gasteiger partial charge in [0.1, 0.15) is 15.9 Å². The molecule has 0 aliphatic carbocycles. The van der Waals surface area contributed by atoms with Crippen molar-refractivity contribution in [2.75, 3.05) is 6.54 Å². The van der Waals surface area contributed by atoms with Crippen LogP contribution in [0.15, 0.2) is 24.3 Å². The second-order valence-electron chi connectivity index (χ2n) is 4.05. The first-order valence-electron chi connectivity index (χ1n) is 5.33. The number of alkyl halides is 4. The smallest absolute Gasteiger partial charge is 0.416 e. The molecule has 19 heavy (non-hydrogen) atoms. The van der Waals surface area contributed by atoms with E-state index >= 15 is 0 Å².